The van der Waals surface area contributed by atoms with E-state index in [1.54, 1.807) is 19.1 Å². The summed E-state index contributed by atoms with van der Waals surface area (Å²) in [6.45, 7) is 9.00. The first kappa shape index (κ1) is 42.4. The van der Waals surface area contributed by atoms with Crippen molar-refractivity contribution >= 4 is 23.2 Å². The zero-order chi connectivity index (χ0) is 41.3. The van der Waals surface area contributed by atoms with Crippen LogP contribution in [0.4, 0.5) is 11.4 Å². The minimum absolute atomic E-state index is 0.0301. The maximum absolute atomic E-state index is 14.3. The van der Waals surface area contributed by atoms with Gasteiger partial charge in [-0.3, -0.25) is 14.4 Å². The van der Waals surface area contributed by atoms with E-state index in [4.69, 9.17) is 15.3 Å². The van der Waals surface area contributed by atoms with Gasteiger partial charge in [-0.25, -0.2) is 0 Å². The Morgan fingerprint density at radius 2 is 1.81 bits per heavy atom. The van der Waals surface area contributed by atoms with Crippen LogP contribution in [0.1, 0.15) is 62.0 Å². The summed E-state index contributed by atoms with van der Waals surface area (Å²) in [4.78, 5) is 38.7. The molecule has 4 aliphatic rings. The molecule has 0 unspecified atom stereocenters. The summed E-state index contributed by atoms with van der Waals surface area (Å²) in [5, 5.41) is 29.6. The molecule has 57 heavy (non-hydrogen) atoms. The number of amides is 2. The van der Waals surface area contributed by atoms with Crippen molar-refractivity contribution in [2.75, 3.05) is 59.1 Å². The molecular weight excluding hydrogens is 721 g/mol. The van der Waals surface area contributed by atoms with Crippen LogP contribution in [0.3, 0.4) is 0 Å². The molecule has 6 N–H and O–H groups in total. The van der Waals surface area contributed by atoms with Crippen LogP contribution in [0, 0.1) is 29.1 Å². The number of fused-ring (bicyclic) bond motifs is 2. The second-order valence-corrected chi connectivity index (χ2v) is 17.8. The standard InChI is InChI=1S/C45H64N6O6/c1-26-37-21-32(45(37,3)4)22-38(26)48-44(55)41-40(27(2)53)39(25-52)57-51(41)23-29-13-11-15-36(42(29)56-9)30-18-31(20-35(19-30)50(7)8)43(54)47-34(24-49(5)6)17-28-12-10-14-33(46)16-28/h10-16,18-20,26-27,32,34,37-41,52-53H,17,21-25,46H2,1-9H3,(H,47,54)(H,48,55)/t26-,27-,32+,34-,37+,38-,39-,40+,41-/m0/s1. The molecule has 3 aliphatic carbocycles. The van der Waals surface area contributed by atoms with Crippen LogP contribution < -0.4 is 26.0 Å². The highest BCUT2D eigenvalue weighted by Gasteiger charge is 2.57. The van der Waals surface area contributed by atoms with Gasteiger partial charge >= 0.3 is 0 Å². The Labute approximate surface area is 338 Å². The maximum atomic E-state index is 14.3. The van der Waals surface area contributed by atoms with E-state index in [9.17, 15) is 19.8 Å². The van der Waals surface area contributed by atoms with E-state index in [-0.39, 0.29) is 42.5 Å². The summed E-state index contributed by atoms with van der Waals surface area (Å²) in [5.74, 6) is 0.955. The highest BCUT2D eigenvalue weighted by atomic mass is 16.7. The number of hydrogen-bond acceptors (Lipinski definition) is 10. The number of methoxy groups -OCH3 is 1. The van der Waals surface area contributed by atoms with Crippen LogP contribution in [0.5, 0.6) is 5.75 Å². The number of likely N-dealkylation sites (N-methyl/N-ethyl adjacent to an activating group) is 1. The number of nitrogens with one attached hydrogen (secondary N) is 2. The van der Waals surface area contributed by atoms with E-state index in [1.165, 1.54) is 6.42 Å². The van der Waals surface area contributed by atoms with Crippen molar-refractivity contribution in [3.05, 3.63) is 77.4 Å². The van der Waals surface area contributed by atoms with Gasteiger partial charge in [-0.2, -0.15) is 5.06 Å². The highest BCUT2D eigenvalue weighted by molar-refractivity contribution is 5.97. The first-order valence-electron chi connectivity index (χ1n) is 20.3. The van der Waals surface area contributed by atoms with Crippen molar-refractivity contribution in [2.45, 2.75) is 83.8 Å². The Morgan fingerprint density at radius 3 is 2.42 bits per heavy atom. The number of hydroxylamine groups is 2. The van der Waals surface area contributed by atoms with Crippen LogP contribution in [0.15, 0.2) is 60.7 Å². The summed E-state index contributed by atoms with van der Waals surface area (Å²) in [6.07, 6.45) is 1.07. The lowest BCUT2D eigenvalue weighted by molar-refractivity contribution is -0.183. The second kappa shape index (κ2) is 17.3. The number of rotatable bonds is 15. The van der Waals surface area contributed by atoms with Crippen molar-refractivity contribution in [3.63, 3.8) is 0 Å². The molecule has 7 rings (SSSR count). The molecule has 3 saturated carbocycles. The van der Waals surface area contributed by atoms with Gasteiger partial charge in [0.05, 0.1) is 26.4 Å². The van der Waals surface area contributed by atoms with E-state index in [1.807, 2.05) is 93.8 Å². The lowest BCUT2D eigenvalue weighted by Gasteiger charge is -2.62. The SMILES string of the molecule is COc1c(CN2O[C@@H](CO)[C@@H]([C@H](C)O)[C@H]2C(=O)N[C@H]2C[C@H]3C[C@H]([C@@H]2C)C3(C)C)cccc1-c1cc(C(=O)N[C@@H](Cc2cccc(N)c2)CN(C)C)cc(N(C)C)c1. The van der Waals surface area contributed by atoms with Crippen molar-refractivity contribution in [1.82, 2.24) is 20.6 Å². The Kier molecular flexibility index (Phi) is 12.9. The number of nitrogens with two attached hydrogens (primary N) is 1. The maximum Gasteiger partial charge on any atom is 0.251 e. The fourth-order valence-electron chi connectivity index (χ4n) is 9.86. The number of nitrogen functional groups attached to an aromatic ring is 1. The van der Waals surface area contributed by atoms with E-state index in [0.717, 1.165) is 34.4 Å². The molecule has 3 aromatic carbocycles. The fraction of sp³-hybridized carbons (Fsp3) is 0.556. The van der Waals surface area contributed by atoms with Gasteiger partial charge in [0.2, 0.25) is 5.91 Å². The lowest BCUT2D eigenvalue weighted by atomic mass is 9.45. The fourth-order valence-corrected chi connectivity index (χ4v) is 9.86. The predicted octanol–water partition coefficient (Wildman–Crippen LogP) is 4.57. The lowest BCUT2D eigenvalue weighted by Crippen LogP contribution is -2.62. The molecule has 1 aliphatic heterocycles. The number of benzene rings is 3. The van der Waals surface area contributed by atoms with Gasteiger partial charge in [-0.1, -0.05) is 51.1 Å². The Bertz CT molecular complexity index is 1900. The van der Waals surface area contributed by atoms with E-state index in [0.29, 0.717) is 47.7 Å². The Morgan fingerprint density at radius 1 is 1.07 bits per heavy atom. The Balaban J connectivity index is 1.28. The molecule has 1 heterocycles. The third-order valence-electron chi connectivity index (χ3n) is 13.1. The van der Waals surface area contributed by atoms with Gasteiger partial charge in [0.1, 0.15) is 17.9 Å². The molecule has 310 valence electrons. The molecule has 12 heteroatoms. The number of anilines is 2. The van der Waals surface area contributed by atoms with Crippen LogP contribution in [-0.4, -0.2) is 111 Å². The largest absolute Gasteiger partial charge is 0.496 e. The van der Waals surface area contributed by atoms with Crippen LogP contribution in [0.2, 0.25) is 0 Å². The third-order valence-corrected chi connectivity index (χ3v) is 13.1. The van der Waals surface area contributed by atoms with Gasteiger partial charge in [-0.15, -0.1) is 0 Å². The van der Waals surface area contributed by atoms with Crippen molar-refractivity contribution in [1.29, 1.82) is 0 Å². The van der Waals surface area contributed by atoms with E-state index in [2.05, 4.69) is 36.3 Å². The number of aliphatic hydroxyl groups is 2. The Hall–Kier alpha value is -4.20. The van der Waals surface area contributed by atoms with E-state index < -0.39 is 24.2 Å². The van der Waals surface area contributed by atoms with Gasteiger partial charge in [0.25, 0.3) is 5.91 Å². The zero-order valence-electron chi connectivity index (χ0n) is 35.2. The highest BCUT2D eigenvalue weighted by Crippen LogP contribution is 2.61. The molecule has 2 bridgehead atoms. The smallest absolute Gasteiger partial charge is 0.251 e. The minimum Gasteiger partial charge on any atom is -0.496 e. The molecule has 0 spiro atoms. The van der Waals surface area contributed by atoms with Gasteiger partial charge in [-0.05, 0) is 105 Å². The zero-order valence-corrected chi connectivity index (χ0v) is 35.2. The molecule has 2 amide bonds. The van der Waals surface area contributed by atoms with E-state index >= 15 is 0 Å². The quantitative estimate of drug-likeness (QED) is 0.139. The summed E-state index contributed by atoms with van der Waals surface area (Å²) < 4.78 is 6.11. The van der Waals surface area contributed by atoms with Crippen LogP contribution in [0.25, 0.3) is 11.1 Å². The third kappa shape index (κ3) is 8.95. The topological polar surface area (TPSA) is 153 Å². The number of hydrogen-bond donors (Lipinski definition) is 5. The minimum atomic E-state index is -0.909. The average molecular weight is 785 g/mol. The van der Waals surface area contributed by atoms with Crippen molar-refractivity contribution < 1.29 is 29.4 Å². The summed E-state index contributed by atoms with van der Waals surface area (Å²) in [7, 11) is 9.45. The van der Waals surface area contributed by atoms with Crippen molar-refractivity contribution in [3.8, 4) is 16.9 Å². The molecule has 9 atom stereocenters. The monoisotopic (exact) mass is 784 g/mol. The molecule has 3 aromatic rings. The molecule has 0 radical (unpaired) electrons. The summed E-state index contributed by atoms with van der Waals surface area (Å²) >= 11 is 0. The number of para-hydroxylation sites is 1. The molecule has 12 nitrogen and oxygen atoms in total. The molecule has 1 saturated heterocycles. The number of carbonyl (C=O) groups is 2. The number of ether oxygens (including phenoxy) is 1. The number of carbonyl (C=O) groups excluding carboxylic acids is 2. The average Bonchev–Trinajstić information content (AvgIpc) is 3.53. The molecule has 0 aromatic heterocycles. The van der Waals surface area contributed by atoms with Crippen LogP contribution >= 0.6 is 0 Å². The first-order chi connectivity index (χ1) is 27.0. The number of aliphatic hydroxyl groups excluding tert-OH is 2. The summed E-state index contributed by atoms with van der Waals surface area (Å²) in [5.41, 5.74) is 11.7. The van der Waals surface area contributed by atoms with Crippen molar-refractivity contribution in [2.24, 2.45) is 29.1 Å². The van der Waals surface area contributed by atoms with Gasteiger partial charge < -0.3 is 41.1 Å². The van der Waals surface area contributed by atoms with Gasteiger partial charge in [0.15, 0.2) is 0 Å². The molecule has 4 fully saturated rings. The second-order valence-electron chi connectivity index (χ2n) is 17.8. The number of nitrogens with zero attached hydrogens (tertiary/aromatic N) is 3. The normalized spacial score (nSPS) is 26.4. The summed E-state index contributed by atoms with van der Waals surface area (Å²) in [6, 6.07) is 18.3. The first-order valence-corrected chi connectivity index (χ1v) is 20.3. The van der Waals surface area contributed by atoms with Crippen LogP contribution in [-0.2, 0) is 22.6 Å². The molecular formula is C45H64N6O6. The predicted molar refractivity (Wildman–Crippen MR) is 225 cm³/mol. The van der Waals surface area contributed by atoms with Gasteiger partial charge in [0, 0.05) is 66.7 Å².